The van der Waals surface area contributed by atoms with E-state index in [4.69, 9.17) is 23.7 Å². The SMILES string of the molecule is COc1cc(OC)c(C2CC(=O)Oc3ccc4c(c32)OC(=Cc2cn(C)c3ccccc23)C4=O)cc1OC. The van der Waals surface area contributed by atoms with Crippen LogP contribution in [0.15, 0.2) is 60.5 Å². The smallest absolute Gasteiger partial charge is 0.312 e. The molecule has 1 unspecified atom stereocenters. The Morgan fingerprint density at radius 3 is 2.42 bits per heavy atom. The van der Waals surface area contributed by atoms with E-state index in [0.717, 1.165) is 16.5 Å². The predicted octanol–water partition coefficient (Wildman–Crippen LogP) is 5.26. The van der Waals surface area contributed by atoms with Crippen LogP contribution in [-0.4, -0.2) is 37.6 Å². The van der Waals surface area contributed by atoms with Gasteiger partial charge in [-0.2, -0.15) is 0 Å². The molecule has 2 aliphatic rings. The molecule has 192 valence electrons. The summed E-state index contributed by atoms with van der Waals surface area (Å²) in [5, 5.41) is 1.01. The van der Waals surface area contributed by atoms with Gasteiger partial charge in [-0.15, -0.1) is 0 Å². The fraction of sp³-hybridized carbons (Fsp3) is 0.200. The van der Waals surface area contributed by atoms with Gasteiger partial charge in [0.25, 0.3) is 0 Å². The lowest BCUT2D eigenvalue weighted by atomic mass is 9.84. The molecular formula is C30H25NO7. The number of fused-ring (bicyclic) bond motifs is 4. The van der Waals surface area contributed by atoms with Gasteiger partial charge in [-0.3, -0.25) is 9.59 Å². The van der Waals surface area contributed by atoms with E-state index in [1.165, 1.54) is 0 Å². The number of allylic oxidation sites excluding steroid dienone is 1. The van der Waals surface area contributed by atoms with Gasteiger partial charge in [0, 0.05) is 52.8 Å². The number of rotatable bonds is 5. The standard InChI is InChI=1S/C30H25NO7/c1-31-15-16(17-7-5-6-8-21(17)31)11-26-29(33)18-9-10-22-28(30(18)38-26)20(13-27(32)37-22)19-12-24(35-3)25(36-4)14-23(19)34-2/h5-12,14-15,20H,13H2,1-4H3. The minimum atomic E-state index is -0.499. The van der Waals surface area contributed by atoms with Crippen molar-refractivity contribution in [1.29, 1.82) is 0 Å². The molecule has 38 heavy (non-hydrogen) atoms. The third-order valence-corrected chi connectivity index (χ3v) is 7.11. The monoisotopic (exact) mass is 511 g/mol. The minimum absolute atomic E-state index is 0.0369. The Bertz CT molecular complexity index is 1660. The second-order valence-corrected chi connectivity index (χ2v) is 9.19. The molecule has 0 saturated heterocycles. The third kappa shape index (κ3) is 3.60. The maximum Gasteiger partial charge on any atom is 0.312 e. The largest absolute Gasteiger partial charge is 0.496 e. The average molecular weight is 512 g/mol. The molecule has 0 spiro atoms. The Morgan fingerprint density at radius 1 is 0.921 bits per heavy atom. The highest BCUT2D eigenvalue weighted by Gasteiger charge is 2.40. The maximum absolute atomic E-state index is 13.5. The van der Waals surface area contributed by atoms with Crippen molar-refractivity contribution in [2.24, 2.45) is 7.05 Å². The van der Waals surface area contributed by atoms with Gasteiger partial charge in [0.05, 0.1) is 33.3 Å². The van der Waals surface area contributed by atoms with Crippen LogP contribution in [0, 0.1) is 0 Å². The molecule has 0 saturated carbocycles. The summed E-state index contributed by atoms with van der Waals surface area (Å²) in [4.78, 5) is 26.1. The third-order valence-electron chi connectivity index (χ3n) is 7.11. The Balaban J connectivity index is 1.49. The van der Waals surface area contributed by atoms with Crippen LogP contribution in [0.2, 0.25) is 0 Å². The number of aromatic nitrogens is 1. The molecule has 8 nitrogen and oxygen atoms in total. The Morgan fingerprint density at radius 2 is 1.66 bits per heavy atom. The highest BCUT2D eigenvalue weighted by molar-refractivity contribution is 6.15. The maximum atomic E-state index is 13.5. The average Bonchev–Trinajstić information content (AvgIpc) is 3.43. The first-order chi connectivity index (χ1) is 18.4. The first-order valence-electron chi connectivity index (χ1n) is 12.1. The molecule has 0 fully saturated rings. The van der Waals surface area contributed by atoms with Crippen molar-refractivity contribution in [3.05, 3.63) is 82.7 Å². The molecule has 1 atom stereocenters. The van der Waals surface area contributed by atoms with Crippen molar-refractivity contribution in [1.82, 2.24) is 4.57 Å². The van der Waals surface area contributed by atoms with Gasteiger partial charge >= 0.3 is 5.97 Å². The Kier molecular flexibility index (Phi) is 5.60. The number of benzene rings is 3. The molecule has 0 amide bonds. The van der Waals surface area contributed by atoms with Gasteiger partial charge in [-0.1, -0.05) is 18.2 Å². The van der Waals surface area contributed by atoms with Crippen LogP contribution >= 0.6 is 0 Å². The Hall–Kier alpha value is -4.72. The molecule has 8 heteroatoms. The number of methoxy groups -OCH3 is 3. The summed E-state index contributed by atoms with van der Waals surface area (Å²) in [7, 11) is 6.59. The summed E-state index contributed by atoms with van der Waals surface area (Å²) in [6.45, 7) is 0. The molecule has 3 aromatic carbocycles. The topological polar surface area (TPSA) is 85.2 Å². The van der Waals surface area contributed by atoms with E-state index in [0.29, 0.717) is 45.4 Å². The normalized spacial score (nSPS) is 17.2. The van der Waals surface area contributed by atoms with Crippen molar-refractivity contribution in [3.63, 3.8) is 0 Å². The van der Waals surface area contributed by atoms with E-state index in [1.807, 2.05) is 42.1 Å². The van der Waals surface area contributed by atoms with E-state index < -0.39 is 11.9 Å². The molecule has 0 aliphatic carbocycles. The van der Waals surface area contributed by atoms with Crippen LogP contribution in [0.3, 0.4) is 0 Å². The molecule has 3 heterocycles. The van der Waals surface area contributed by atoms with E-state index in [2.05, 4.69) is 0 Å². The molecule has 0 radical (unpaired) electrons. The number of nitrogens with zero attached hydrogens (tertiary/aromatic N) is 1. The van der Waals surface area contributed by atoms with E-state index in [-0.39, 0.29) is 18.0 Å². The first-order valence-corrected chi connectivity index (χ1v) is 12.1. The molecule has 1 aromatic heterocycles. The lowest BCUT2D eigenvalue weighted by Crippen LogP contribution is -2.22. The molecule has 0 bridgehead atoms. The first kappa shape index (κ1) is 23.7. The zero-order chi connectivity index (χ0) is 26.6. The van der Waals surface area contributed by atoms with E-state index in [1.54, 1.807) is 51.7 Å². The minimum Gasteiger partial charge on any atom is -0.496 e. The lowest BCUT2D eigenvalue weighted by Gasteiger charge is -2.28. The lowest BCUT2D eigenvalue weighted by molar-refractivity contribution is -0.135. The summed E-state index contributed by atoms with van der Waals surface area (Å²) in [6, 6.07) is 14.8. The number of ether oxygens (including phenoxy) is 5. The van der Waals surface area contributed by atoms with Crippen molar-refractivity contribution < 1.29 is 33.3 Å². The molecule has 0 N–H and O–H groups in total. The summed E-state index contributed by atoms with van der Waals surface area (Å²) in [5.74, 6) is 1.32. The van der Waals surface area contributed by atoms with Gasteiger partial charge < -0.3 is 28.3 Å². The number of aryl methyl sites for hydroxylation is 1. The van der Waals surface area contributed by atoms with Crippen LogP contribution in [0.4, 0.5) is 0 Å². The van der Waals surface area contributed by atoms with Crippen LogP contribution in [0.5, 0.6) is 28.7 Å². The molecule has 2 aliphatic heterocycles. The van der Waals surface area contributed by atoms with Gasteiger partial charge in [-0.05, 0) is 30.3 Å². The van der Waals surface area contributed by atoms with Gasteiger partial charge in [0.1, 0.15) is 17.2 Å². The highest BCUT2D eigenvalue weighted by Crippen LogP contribution is 2.52. The van der Waals surface area contributed by atoms with Gasteiger partial charge in [0.15, 0.2) is 17.3 Å². The highest BCUT2D eigenvalue weighted by atomic mass is 16.5. The zero-order valence-electron chi connectivity index (χ0n) is 21.4. The summed E-state index contributed by atoms with van der Waals surface area (Å²) in [5.41, 5.74) is 3.64. The summed E-state index contributed by atoms with van der Waals surface area (Å²) >= 11 is 0. The van der Waals surface area contributed by atoms with Crippen molar-refractivity contribution >= 4 is 28.7 Å². The second-order valence-electron chi connectivity index (χ2n) is 9.19. The number of Topliss-reactive ketones (excluding diaryl/α,β-unsaturated/α-hetero) is 1. The van der Waals surface area contributed by atoms with Crippen molar-refractivity contribution in [2.45, 2.75) is 12.3 Å². The van der Waals surface area contributed by atoms with Gasteiger partial charge in [0.2, 0.25) is 5.78 Å². The summed E-state index contributed by atoms with van der Waals surface area (Å²) in [6.07, 6.45) is 3.76. The molecule has 4 aromatic rings. The molecular weight excluding hydrogens is 486 g/mol. The quantitative estimate of drug-likeness (QED) is 0.205. The zero-order valence-corrected chi connectivity index (χ0v) is 21.4. The Labute approximate surface area is 218 Å². The molecule has 6 rings (SSSR count). The predicted molar refractivity (Wildman–Crippen MR) is 140 cm³/mol. The van der Waals surface area contributed by atoms with Crippen LogP contribution in [0.25, 0.3) is 17.0 Å². The van der Waals surface area contributed by atoms with E-state index >= 15 is 0 Å². The van der Waals surface area contributed by atoms with Crippen LogP contribution in [0.1, 0.15) is 39.4 Å². The second kappa shape index (κ2) is 8.99. The van der Waals surface area contributed by atoms with Crippen LogP contribution in [-0.2, 0) is 11.8 Å². The number of hydrogen-bond donors (Lipinski definition) is 0. The summed E-state index contributed by atoms with van der Waals surface area (Å²) < 4.78 is 30.5. The van der Waals surface area contributed by atoms with Crippen molar-refractivity contribution in [2.75, 3.05) is 21.3 Å². The fourth-order valence-electron chi connectivity index (χ4n) is 5.33. The van der Waals surface area contributed by atoms with Crippen molar-refractivity contribution in [3.8, 4) is 28.7 Å². The number of carbonyl (C=O) groups excluding carboxylic acids is 2. The number of hydrogen-bond acceptors (Lipinski definition) is 7. The fourth-order valence-corrected chi connectivity index (χ4v) is 5.33. The number of para-hydroxylation sites is 1. The van der Waals surface area contributed by atoms with Gasteiger partial charge in [-0.25, -0.2) is 0 Å². The van der Waals surface area contributed by atoms with E-state index in [9.17, 15) is 9.59 Å². The number of esters is 1. The van der Waals surface area contributed by atoms with Crippen LogP contribution < -0.4 is 23.7 Å². The number of ketones is 1. The number of carbonyl (C=O) groups is 2.